The van der Waals surface area contributed by atoms with Crippen LogP contribution in [0.1, 0.15) is 42.5 Å². The number of carbonyl (C=O) groups excluding carboxylic acids is 1. The van der Waals surface area contributed by atoms with Crippen molar-refractivity contribution in [2.45, 2.75) is 38.1 Å². The third-order valence-corrected chi connectivity index (χ3v) is 4.07. The number of primary amides is 1. The summed E-state index contributed by atoms with van der Waals surface area (Å²) in [5, 5.41) is 3.22. The van der Waals surface area contributed by atoms with E-state index >= 15 is 0 Å². The van der Waals surface area contributed by atoms with E-state index in [-0.39, 0.29) is 11.6 Å². The predicted octanol–water partition coefficient (Wildman–Crippen LogP) is 2.24. The lowest BCUT2D eigenvalue weighted by Crippen LogP contribution is -2.38. The number of hydrogen-bond acceptors (Lipinski definition) is 3. The van der Waals surface area contributed by atoms with Crippen LogP contribution >= 0.6 is 0 Å². The quantitative estimate of drug-likeness (QED) is 0.773. The fourth-order valence-electron chi connectivity index (χ4n) is 3.00. The molecule has 0 heterocycles. The van der Waals surface area contributed by atoms with Gasteiger partial charge in [0, 0.05) is 12.6 Å². The van der Waals surface area contributed by atoms with Gasteiger partial charge in [0.2, 0.25) is 0 Å². The SMILES string of the molecule is NCC(Nc1cccc(F)c1C(N)=O)C1CCCCC1. The van der Waals surface area contributed by atoms with Gasteiger partial charge in [0.25, 0.3) is 5.91 Å². The second-order valence-electron chi connectivity index (χ2n) is 5.41. The van der Waals surface area contributed by atoms with E-state index in [1.54, 1.807) is 12.1 Å². The molecule has 20 heavy (non-hydrogen) atoms. The van der Waals surface area contributed by atoms with E-state index in [1.807, 2.05) is 0 Å². The minimum atomic E-state index is -0.759. The minimum Gasteiger partial charge on any atom is -0.380 e. The van der Waals surface area contributed by atoms with Crippen molar-refractivity contribution in [3.63, 3.8) is 0 Å². The number of benzene rings is 1. The number of anilines is 1. The van der Waals surface area contributed by atoms with Gasteiger partial charge in [0.05, 0.1) is 11.3 Å². The van der Waals surface area contributed by atoms with Crippen molar-refractivity contribution in [3.05, 3.63) is 29.6 Å². The predicted molar refractivity (Wildman–Crippen MR) is 78.0 cm³/mol. The highest BCUT2D eigenvalue weighted by molar-refractivity contribution is 5.98. The highest BCUT2D eigenvalue weighted by atomic mass is 19.1. The molecule has 1 unspecified atom stereocenters. The first-order valence-corrected chi connectivity index (χ1v) is 7.18. The summed E-state index contributed by atoms with van der Waals surface area (Å²) in [6.07, 6.45) is 5.91. The van der Waals surface area contributed by atoms with Gasteiger partial charge < -0.3 is 16.8 Å². The Morgan fingerprint density at radius 3 is 2.65 bits per heavy atom. The molecule has 1 aromatic carbocycles. The van der Waals surface area contributed by atoms with E-state index in [4.69, 9.17) is 11.5 Å². The third kappa shape index (κ3) is 3.28. The standard InChI is InChI=1S/C15H22FN3O/c16-11-7-4-8-12(14(11)15(18)20)19-13(9-17)10-5-2-1-3-6-10/h4,7-8,10,13,19H,1-3,5-6,9,17H2,(H2,18,20). The summed E-state index contributed by atoms with van der Waals surface area (Å²) in [6.45, 7) is 0.458. The highest BCUT2D eigenvalue weighted by Crippen LogP contribution is 2.29. The van der Waals surface area contributed by atoms with Crippen LogP contribution in [0.5, 0.6) is 0 Å². The van der Waals surface area contributed by atoms with E-state index in [2.05, 4.69) is 5.32 Å². The average Bonchev–Trinajstić information content (AvgIpc) is 2.45. The Bertz CT molecular complexity index is 472. The first-order chi connectivity index (χ1) is 9.63. The maximum Gasteiger partial charge on any atom is 0.253 e. The average molecular weight is 279 g/mol. The third-order valence-electron chi connectivity index (χ3n) is 4.07. The maximum absolute atomic E-state index is 13.7. The van der Waals surface area contributed by atoms with E-state index in [0.29, 0.717) is 18.2 Å². The molecule has 110 valence electrons. The zero-order valence-electron chi connectivity index (χ0n) is 11.6. The van der Waals surface area contributed by atoms with Gasteiger partial charge in [-0.1, -0.05) is 25.3 Å². The van der Waals surface area contributed by atoms with E-state index in [1.165, 1.54) is 25.3 Å². The van der Waals surface area contributed by atoms with Crippen LogP contribution in [-0.4, -0.2) is 18.5 Å². The normalized spacial score (nSPS) is 17.7. The topological polar surface area (TPSA) is 81.1 Å². The van der Waals surface area contributed by atoms with Crippen molar-refractivity contribution < 1.29 is 9.18 Å². The molecule has 0 aliphatic heterocycles. The Morgan fingerprint density at radius 1 is 1.35 bits per heavy atom. The number of rotatable bonds is 5. The van der Waals surface area contributed by atoms with Gasteiger partial charge in [-0.2, -0.15) is 0 Å². The van der Waals surface area contributed by atoms with E-state index < -0.39 is 11.7 Å². The van der Waals surface area contributed by atoms with Crippen molar-refractivity contribution in [2.75, 3.05) is 11.9 Å². The van der Waals surface area contributed by atoms with Crippen LogP contribution in [0.4, 0.5) is 10.1 Å². The smallest absolute Gasteiger partial charge is 0.253 e. The molecule has 1 aromatic rings. The molecule has 1 atom stereocenters. The lowest BCUT2D eigenvalue weighted by molar-refractivity contribution is 0.0997. The molecular weight excluding hydrogens is 257 g/mol. The monoisotopic (exact) mass is 279 g/mol. The second kappa shape index (κ2) is 6.70. The second-order valence-corrected chi connectivity index (χ2v) is 5.41. The van der Waals surface area contributed by atoms with E-state index in [0.717, 1.165) is 12.8 Å². The van der Waals surface area contributed by atoms with Crippen molar-refractivity contribution in [3.8, 4) is 0 Å². The van der Waals surface area contributed by atoms with Crippen molar-refractivity contribution in [1.82, 2.24) is 0 Å². The van der Waals surface area contributed by atoms with Gasteiger partial charge in [-0.05, 0) is 30.9 Å². The number of nitrogens with one attached hydrogen (secondary N) is 1. The molecule has 1 aliphatic rings. The number of amides is 1. The first-order valence-electron chi connectivity index (χ1n) is 7.18. The largest absolute Gasteiger partial charge is 0.380 e. The number of nitrogens with two attached hydrogens (primary N) is 2. The minimum absolute atomic E-state index is 0.0511. The van der Waals surface area contributed by atoms with Crippen molar-refractivity contribution in [2.24, 2.45) is 17.4 Å². The summed E-state index contributed by atoms with van der Waals surface area (Å²) in [6, 6.07) is 4.53. The summed E-state index contributed by atoms with van der Waals surface area (Å²) in [4.78, 5) is 11.4. The molecule has 2 rings (SSSR count). The molecule has 0 bridgehead atoms. The summed E-state index contributed by atoms with van der Waals surface area (Å²) in [5.74, 6) is -0.885. The zero-order valence-corrected chi connectivity index (χ0v) is 11.6. The number of hydrogen-bond donors (Lipinski definition) is 3. The molecule has 0 aromatic heterocycles. The van der Waals surface area contributed by atoms with Crippen LogP contribution in [0.3, 0.4) is 0 Å². The van der Waals surface area contributed by atoms with E-state index in [9.17, 15) is 9.18 Å². The lowest BCUT2D eigenvalue weighted by atomic mass is 9.83. The molecule has 4 nitrogen and oxygen atoms in total. The fraction of sp³-hybridized carbons (Fsp3) is 0.533. The molecule has 0 saturated heterocycles. The Hall–Kier alpha value is -1.62. The molecule has 1 saturated carbocycles. The van der Waals surface area contributed by atoms with Gasteiger partial charge in [-0.15, -0.1) is 0 Å². The van der Waals surface area contributed by atoms with Crippen LogP contribution in [0, 0.1) is 11.7 Å². The molecule has 0 spiro atoms. The first kappa shape index (κ1) is 14.8. The van der Waals surface area contributed by atoms with Gasteiger partial charge in [0.15, 0.2) is 0 Å². The molecular formula is C15H22FN3O. The summed E-state index contributed by atoms with van der Waals surface area (Å²) >= 11 is 0. The zero-order chi connectivity index (χ0) is 14.5. The molecule has 5 N–H and O–H groups in total. The van der Waals surface area contributed by atoms with Crippen LogP contribution < -0.4 is 16.8 Å². The van der Waals surface area contributed by atoms with Crippen LogP contribution in [0.2, 0.25) is 0 Å². The van der Waals surface area contributed by atoms with Crippen molar-refractivity contribution in [1.29, 1.82) is 0 Å². The molecule has 1 fully saturated rings. The van der Waals surface area contributed by atoms with Crippen LogP contribution in [0.15, 0.2) is 18.2 Å². The van der Waals surface area contributed by atoms with Gasteiger partial charge in [-0.3, -0.25) is 4.79 Å². The maximum atomic E-state index is 13.7. The lowest BCUT2D eigenvalue weighted by Gasteiger charge is -2.31. The van der Waals surface area contributed by atoms with Gasteiger partial charge in [-0.25, -0.2) is 4.39 Å². The highest BCUT2D eigenvalue weighted by Gasteiger charge is 2.24. The Morgan fingerprint density at radius 2 is 2.05 bits per heavy atom. The summed E-state index contributed by atoms with van der Waals surface area (Å²) < 4.78 is 13.7. The molecule has 1 amide bonds. The van der Waals surface area contributed by atoms with Crippen molar-refractivity contribution >= 4 is 11.6 Å². The number of carbonyl (C=O) groups is 1. The number of halogens is 1. The fourth-order valence-corrected chi connectivity index (χ4v) is 3.00. The molecule has 0 radical (unpaired) electrons. The Balaban J connectivity index is 2.18. The van der Waals surface area contributed by atoms with Crippen LogP contribution in [0.25, 0.3) is 0 Å². The Kier molecular flexibility index (Phi) is 4.95. The van der Waals surface area contributed by atoms with Gasteiger partial charge in [0.1, 0.15) is 5.82 Å². The molecule has 1 aliphatic carbocycles. The van der Waals surface area contributed by atoms with Crippen LogP contribution in [-0.2, 0) is 0 Å². The summed E-state index contributed by atoms with van der Waals surface area (Å²) in [5.41, 5.74) is 11.5. The van der Waals surface area contributed by atoms with Gasteiger partial charge >= 0.3 is 0 Å². The Labute approximate surface area is 118 Å². The summed E-state index contributed by atoms with van der Waals surface area (Å²) in [7, 11) is 0. The molecule has 5 heteroatoms.